The Balaban J connectivity index is 2.42. The summed E-state index contributed by atoms with van der Waals surface area (Å²) in [6.45, 7) is 3.67. The van der Waals surface area contributed by atoms with E-state index in [0.29, 0.717) is 17.5 Å². The Kier molecular flexibility index (Phi) is 5.07. The van der Waals surface area contributed by atoms with Crippen molar-refractivity contribution in [1.82, 2.24) is 10.1 Å². The lowest BCUT2D eigenvalue weighted by Gasteiger charge is -2.09. The molecule has 2 N–H and O–H groups in total. The first-order valence-electron chi connectivity index (χ1n) is 4.90. The highest BCUT2D eigenvalue weighted by atomic mass is 32.2. The van der Waals surface area contributed by atoms with Gasteiger partial charge in [0, 0.05) is 12.2 Å². The van der Waals surface area contributed by atoms with Gasteiger partial charge in [-0.25, -0.2) is 0 Å². The van der Waals surface area contributed by atoms with Crippen LogP contribution in [0.4, 0.5) is 0 Å². The number of hydrogen-bond acceptors (Lipinski definition) is 6. The standard InChI is InChI=1S/C9H16N2O3S/c1-3-8-10-9(14-11-8)6(2)15-5-7(13)4-12/h6-7,12-13H,3-5H2,1-2H3/t6-,7-/m1/s1. The molecule has 0 saturated carbocycles. The van der Waals surface area contributed by atoms with Crippen LogP contribution in [0.1, 0.15) is 30.8 Å². The Hall–Kier alpha value is -0.590. The maximum atomic E-state index is 9.17. The van der Waals surface area contributed by atoms with Crippen LogP contribution in [0, 0.1) is 0 Å². The summed E-state index contributed by atoms with van der Waals surface area (Å²) in [4.78, 5) is 4.19. The van der Waals surface area contributed by atoms with Crippen LogP contribution in [0.2, 0.25) is 0 Å². The molecule has 0 aliphatic carbocycles. The molecule has 2 atom stereocenters. The molecule has 1 aromatic rings. The first-order valence-corrected chi connectivity index (χ1v) is 5.95. The van der Waals surface area contributed by atoms with Gasteiger partial charge in [-0.3, -0.25) is 0 Å². The molecule has 15 heavy (non-hydrogen) atoms. The van der Waals surface area contributed by atoms with E-state index in [9.17, 15) is 0 Å². The Morgan fingerprint density at radius 2 is 2.27 bits per heavy atom. The molecule has 0 unspecified atom stereocenters. The minimum atomic E-state index is -0.689. The normalized spacial score (nSPS) is 15.2. The van der Waals surface area contributed by atoms with Crippen molar-refractivity contribution in [2.45, 2.75) is 31.6 Å². The molecule has 6 heteroatoms. The lowest BCUT2D eigenvalue weighted by Crippen LogP contribution is -2.15. The molecule has 86 valence electrons. The highest BCUT2D eigenvalue weighted by Gasteiger charge is 2.15. The fourth-order valence-corrected chi connectivity index (χ4v) is 1.81. The first-order chi connectivity index (χ1) is 7.17. The summed E-state index contributed by atoms with van der Waals surface area (Å²) in [6, 6.07) is 0. The molecule has 0 radical (unpaired) electrons. The molecule has 0 fully saturated rings. The Morgan fingerprint density at radius 1 is 1.53 bits per heavy atom. The van der Waals surface area contributed by atoms with Crippen molar-refractivity contribution in [2.75, 3.05) is 12.4 Å². The van der Waals surface area contributed by atoms with Crippen molar-refractivity contribution in [1.29, 1.82) is 0 Å². The lowest BCUT2D eigenvalue weighted by atomic mass is 10.4. The second-order valence-corrected chi connectivity index (χ2v) is 4.59. The molecule has 0 aromatic carbocycles. The SMILES string of the molecule is CCc1noc([C@@H](C)SC[C@H](O)CO)n1. The molecule has 0 spiro atoms. The van der Waals surface area contributed by atoms with Crippen LogP contribution in [-0.4, -0.2) is 38.8 Å². The van der Waals surface area contributed by atoms with E-state index in [1.54, 1.807) is 0 Å². The number of aryl methyl sites for hydroxylation is 1. The van der Waals surface area contributed by atoms with Crippen molar-refractivity contribution in [2.24, 2.45) is 0 Å². The maximum Gasteiger partial charge on any atom is 0.239 e. The van der Waals surface area contributed by atoms with Gasteiger partial charge in [0.05, 0.1) is 18.0 Å². The Labute approximate surface area is 92.9 Å². The van der Waals surface area contributed by atoms with E-state index in [-0.39, 0.29) is 11.9 Å². The summed E-state index contributed by atoms with van der Waals surface area (Å²) >= 11 is 1.48. The van der Waals surface area contributed by atoms with Gasteiger partial charge in [0.2, 0.25) is 5.89 Å². The number of thioether (sulfide) groups is 1. The highest BCUT2D eigenvalue weighted by Crippen LogP contribution is 2.27. The molecular weight excluding hydrogens is 216 g/mol. The van der Waals surface area contributed by atoms with Crippen LogP contribution in [0.5, 0.6) is 0 Å². The van der Waals surface area contributed by atoms with Crippen LogP contribution >= 0.6 is 11.8 Å². The van der Waals surface area contributed by atoms with E-state index in [1.807, 2.05) is 13.8 Å². The largest absolute Gasteiger partial charge is 0.394 e. The molecule has 1 aromatic heterocycles. The van der Waals surface area contributed by atoms with Crippen LogP contribution < -0.4 is 0 Å². The fourth-order valence-electron chi connectivity index (χ4n) is 0.956. The molecule has 5 nitrogen and oxygen atoms in total. The summed E-state index contributed by atoms with van der Waals surface area (Å²) in [7, 11) is 0. The monoisotopic (exact) mass is 232 g/mol. The summed E-state index contributed by atoms with van der Waals surface area (Å²) in [5.41, 5.74) is 0. The summed E-state index contributed by atoms with van der Waals surface area (Å²) in [5.74, 6) is 1.73. The molecule has 0 amide bonds. The number of aliphatic hydroxyl groups excluding tert-OH is 2. The Bertz CT molecular complexity index is 293. The third-order valence-electron chi connectivity index (χ3n) is 1.90. The number of aromatic nitrogens is 2. The van der Waals surface area contributed by atoms with E-state index >= 15 is 0 Å². The van der Waals surface area contributed by atoms with Crippen LogP contribution in [0.3, 0.4) is 0 Å². The van der Waals surface area contributed by atoms with E-state index in [4.69, 9.17) is 14.7 Å². The molecule has 0 saturated heterocycles. The molecule has 0 bridgehead atoms. The van der Waals surface area contributed by atoms with Gasteiger partial charge < -0.3 is 14.7 Å². The van der Waals surface area contributed by atoms with Crippen molar-refractivity contribution in [3.63, 3.8) is 0 Å². The summed E-state index contributed by atoms with van der Waals surface area (Å²) < 4.78 is 5.06. The van der Waals surface area contributed by atoms with Gasteiger partial charge in [-0.2, -0.15) is 4.98 Å². The van der Waals surface area contributed by atoms with Gasteiger partial charge in [0.1, 0.15) is 0 Å². The summed E-state index contributed by atoms with van der Waals surface area (Å²) in [5, 5.41) is 21.6. The smallest absolute Gasteiger partial charge is 0.239 e. The van der Waals surface area contributed by atoms with Crippen molar-refractivity contribution in [3.05, 3.63) is 11.7 Å². The van der Waals surface area contributed by atoms with Crippen molar-refractivity contribution < 1.29 is 14.7 Å². The fraction of sp³-hybridized carbons (Fsp3) is 0.778. The third kappa shape index (κ3) is 3.81. The van der Waals surface area contributed by atoms with E-state index in [2.05, 4.69) is 10.1 Å². The first kappa shape index (κ1) is 12.5. The molecular formula is C9H16N2O3S. The van der Waals surface area contributed by atoms with Crippen molar-refractivity contribution >= 4 is 11.8 Å². The molecule has 0 aliphatic heterocycles. The molecule has 1 heterocycles. The zero-order valence-corrected chi connectivity index (χ0v) is 9.70. The molecule has 0 aliphatic rings. The zero-order valence-electron chi connectivity index (χ0n) is 8.88. The zero-order chi connectivity index (χ0) is 11.3. The van der Waals surface area contributed by atoms with Gasteiger partial charge in [0.25, 0.3) is 0 Å². The quantitative estimate of drug-likeness (QED) is 0.754. The lowest BCUT2D eigenvalue weighted by molar-refractivity contribution is 0.113. The third-order valence-corrected chi connectivity index (χ3v) is 3.18. The maximum absolute atomic E-state index is 9.17. The predicted octanol–water partition coefficient (Wildman–Crippen LogP) is 0.779. The number of hydrogen-bond donors (Lipinski definition) is 2. The van der Waals surface area contributed by atoms with Crippen LogP contribution in [-0.2, 0) is 6.42 Å². The van der Waals surface area contributed by atoms with Crippen LogP contribution in [0.15, 0.2) is 4.52 Å². The number of aliphatic hydroxyl groups is 2. The minimum Gasteiger partial charge on any atom is -0.394 e. The predicted molar refractivity (Wildman–Crippen MR) is 57.6 cm³/mol. The average Bonchev–Trinajstić information content (AvgIpc) is 2.73. The highest BCUT2D eigenvalue weighted by molar-refractivity contribution is 7.99. The van der Waals surface area contributed by atoms with Gasteiger partial charge in [-0.05, 0) is 6.92 Å². The Morgan fingerprint density at radius 3 is 2.80 bits per heavy atom. The van der Waals surface area contributed by atoms with E-state index < -0.39 is 6.10 Å². The molecule has 1 rings (SSSR count). The number of rotatable bonds is 6. The van der Waals surface area contributed by atoms with Gasteiger partial charge in [-0.1, -0.05) is 12.1 Å². The second-order valence-electron chi connectivity index (χ2n) is 3.21. The van der Waals surface area contributed by atoms with Gasteiger partial charge in [-0.15, -0.1) is 11.8 Å². The topological polar surface area (TPSA) is 79.4 Å². The van der Waals surface area contributed by atoms with Crippen molar-refractivity contribution in [3.8, 4) is 0 Å². The van der Waals surface area contributed by atoms with E-state index in [0.717, 1.165) is 6.42 Å². The second kappa shape index (κ2) is 6.09. The van der Waals surface area contributed by atoms with Crippen LogP contribution in [0.25, 0.3) is 0 Å². The number of nitrogens with zero attached hydrogens (tertiary/aromatic N) is 2. The average molecular weight is 232 g/mol. The minimum absolute atomic E-state index is 0.0407. The van der Waals surface area contributed by atoms with Gasteiger partial charge >= 0.3 is 0 Å². The summed E-state index contributed by atoms with van der Waals surface area (Å²) in [6.07, 6.45) is 0.0613. The van der Waals surface area contributed by atoms with E-state index in [1.165, 1.54) is 11.8 Å². The van der Waals surface area contributed by atoms with Gasteiger partial charge in [0.15, 0.2) is 5.82 Å².